The quantitative estimate of drug-likeness (QED) is 0.588. The fourth-order valence-electron chi connectivity index (χ4n) is 2.83. The molecule has 0 unspecified atom stereocenters. The van der Waals surface area contributed by atoms with E-state index in [0.29, 0.717) is 5.69 Å². The molecule has 0 saturated carbocycles. The van der Waals surface area contributed by atoms with Gasteiger partial charge in [0.2, 0.25) is 5.88 Å². The van der Waals surface area contributed by atoms with E-state index >= 15 is 0 Å². The lowest BCUT2D eigenvalue weighted by Crippen LogP contribution is -2.16. The highest BCUT2D eigenvalue weighted by Gasteiger charge is 2.16. The number of halogens is 1. The summed E-state index contributed by atoms with van der Waals surface area (Å²) in [5.74, 6) is -0.220. The Morgan fingerprint density at radius 1 is 1.19 bits per heavy atom. The molecular formula is C19H12BrN3O2S. The zero-order valence-electron chi connectivity index (χ0n) is 13.3. The minimum atomic E-state index is -0.455. The average Bonchev–Trinajstić information content (AvgIpc) is 3.01. The number of aromatic amines is 1. The van der Waals surface area contributed by atoms with E-state index in [1.165, 1.54) is 4.57 Å². The first kappa shape index (κ1) is 16.7. The molecule has 0 fully saturated rings. The van der Waals surface area contributed by atoms with Crippen molar-refractivity contribution in [3.63, 3.8) is 0 Å². The van der Waals surface area contributed by atoms with Crippen molar-refractivity contribution in [1.82, 2.24) is 9.55 Å². The molecule has 2 aromatic carbocycles. The summed E-state index contributed by atoms with van der Waals surface area (Å²) in [6.07, 6.45) is 3.29. The number of aromatic hydroxyl groups is 1. The molecule has 3 aromatic rings. The molecule has 0 bridgehead atoms. The molecule has 0 spiro atoms. The van der Waals surface area contributed by atoms with Crippen LogP contribution in [0.25, 0.3) is 17.3 Å². The Morgan fingerprint density at radius 3 is 2.81 bits per heavy atom. The standard InChI is InChI=1S/C19H12BrN3O2S/c20-12-4-3-5-13(9-12)23-18(25)15(17(24)22-19(23)26)8-11-10-21-16-7-2-1-6-14(11)16/h1-10,25H,(H,22,24,26). The van der Waals surface area contributed by atoms with Gasteiger partial charge < -0.3 is 5.11 Å². The predicted molar refractivity (Wildman–Crippen MR) is 109 cm³/mol. The van der Waals surface area contributed by atoms with E-state index in [9.17, 15) is 9.90 Å². The topological polar surface area (TPSA) is 70.4 Å². The lowest BCUT2D eigenvalue weighted by atomic mass is 10.1. The van der Waals surface area contributed by atoms with Gasteiger partial charge in [0.15, 0.2) is 4.77 Å². The zero-order chi connectivity index (χ0) is 18.3. The highest BCUT2D eigenvalue weighted by atomic mass is 79.9. The zero-order valence-corrected chi connectivity index (χ0v) is 15.7. The molecule has 26 heavy (non-hydrogen) atoms. The van der Waals surface area contributed by atoms with Gasteiger partial charge in [-0.25, -0.2) is 0 Å². The van der Waals surface area contributed by atoms with E-state index < -0.39 is 5.56 Å². The molecule has 4 rings (SSSR count). The molecular weight excluding hydrogens is 414 g/mol. The maximum atomic E-state index is 12.4. The number of fused-ring (bicyclic) bond motifs is 1. The number of nitrogens with one attached hydrogen (secondary N) is 1. The van der Waals surface area contributed by atoms with Crippen LogP contribution in [0.5, 0.6) is 5.88 Å². The third-order valence-electron chi connectivity index (χ3n) is 4.04. The Morgan fingerprint density at radius 2 is 2.00 bits per heavy atom. The molecule has 0 amide bonds. The first-order chi connectivity index (χ1) is 12.5. The van der Waals surface area contributed by atoms with E-state index in [0.717, 1.165) is 21.3 Å². The molecule has 2 heterocycles. The van der Waals surface area contributed by atoms with Crippen LogP contribution in [0, 0.1) is 4.77 Å². The molecule has 5 nitrogen and oxygen atoms in total. The van der Waals surface area contributed by atoms with Crippen LogP contribution in [0.1, 0.15) is 11.1 Å². The Bertz CT molecular complexity index is 1210. The van der Waals surface area contributed by atoms with Crippen molar-refractivity contribution in [2.75, 3.05) is 0 Å². The maximum Gasteiger partial charge on any atom is 0.262 e. The number of allylic oxidation sites excluding steroid dienone is 1. The SMILES string of the molecule is O=c1[nH]c(=S)n(-c2cccc(Br)c2)c(O)c1C=C1C=Nc2ccccc21. The average molecular weight is 426 g/mol. The van der Waals surface area contributed by atoms with Gasteiger partial charge >= 0.3 is 0 Å². The van der Waals surface area contributed by atoms with Crippen LogP contribution in [0.4, 0.5) is 5.69 Å². The van der Waals surface area contributed by atoms with Gasteiger partial charge in [-0.15, -0.1) is 0 Å². The highest BCUT2D eigenvalue weighted by Crippen LogP contribution is 2.33. The highest BCUT2D eigenvalue weighted by molar-refractivity contribution is 9.10. The van der Waals surface area contributed by atoms with E-state index in [2.05, 4.69) is 25.9 Å². The van der Waals surface area contributed by atoms with Crippen LogP contribution < -0.4 is 5.56 Å². The van der Waals surface area contributed by atoms with Gasteiger partial charge in [-0.2, -0.15) is 0 Å². The Hall–Kier alpha value is -2.77. The summed E-state index contributed by atoms with van der Waals surface area (Å²) in [4.78, 5) is 19.4. The third kappa shape index (κ3) is 2.85. The molecule has 0 atom stereocenters. The molecule has 7 heteroatoms. The summed E-state index contributed by atoms with van der Waals surface area (Å²) in [6, 6.07) is 14.9. The van der Waals surface area contributed by atoms with Crippen molar-refractivity contribution >= 4 is 51.7 Å². The summed E-state index contributed by atoms with van der Waals surface area (Å²) < 4.78 is 2.37. The number of benzene rings is 2. The van der Waals surface area contributed by atoms with E-state index in [4.69, 9.17) is 12.2 Å². The normalized spacial score (nSPS) is 14.0. The van der Waals surface area contributed by atoms with Gasteiger partial charge in [0.25, 0.3) is 5.56 Å². The van der Waals surface area contributed by atoms with Gasteiger partial charge in [-0.3, -0.25) is 19.3 Å². The Labute approximate surface area is 162 Å². The predicted octanol–water partition coefficient (Wildman–Crippen LogP) is 4.62. The number of hydrogen-bond acceptors (Lipinski definition) is 4. The summed E-state index contributed by atoms with van der Waals surface area (Å²) in [5, 5.41) is 10.8. The minimum absolute atomic E-state index is 0.119. The van der Waals surface area contributed by atoms with Crippen LogP contribution >= 0.6 is 28.1 Å². The second kappa shape index (κ2) is 6.51. The Balaban J connectivity index is 1.93. The monoisotopic (exact) mass is 425 g/mol. The lowest BCUT2D eigenvalue weighted by molar-refractivity contribution is 0.432. The van der Waals surface area contributed by atoms with Crippen molar-refractivity contribution < 1.29 is 5.11 Å². The fourth-order valence-corrected chi connectivity index (χ4v) is 3.50. The maximum absolute atomic E-state index is 12.4. The minimum Gasteiger partial charge on any atom is -0.494 e. The van der Waals surface area contributed by atoms with Crippen LogP contribution in [0.3, 0.4) is 0 Å². The molecule has 1 aromatic heterocycles. The van der Waals surface area contributed by atoms with Gasteiger partial charge in [-0.1, -0.05) is 40.2 Å². The molecule has 1 aliphatic rings. The second-order valence-electron chi connectivity index (χ2n) is 5.69. The Kier molecular flexibility index (Phi) is 4.18. The first-order valence-corrected chi connectivity index (χ1v) is 8.94. The number of aliphatic imine (C=N–C) groups is 1. The van der Waals surface area contributed by atoms with Gasteiger partial charge in [0.05, 0.1) is 11.4 Å². The molecule has 0 aliphatic carbocycles. The molecule has 0 saturated heterocycles. The van der Waals surface area contributed by atoms with E-state index in [1.807, 2.05) is 36.4 Å². The van der Waals surface area contributed by atoms with Gasteiger partial charge in [-0.05, 0) is 42.6 Å². The van der Waals surface area contributed by atoms with Gasteiger partial charge in [0, 0.05) is 21.8 Å². The smallest absolute Gasteiger partial charge is 0.262 e. The van der Waals surface area contributed by atoms with Crippen molar-refractivity contribution in [3.05, 3.63) is 79.3 Å². The summed E-state index contributed by atoms with van der Waals surface area (Å²) in [5.41, 5.74) is 2.79. The van der Waals surface area contributed by atoms with E-state index in [-0.39, 0.29) is 16.2 Å². The number of nitrogens with zero attached hydrogens (tertiary/aromatic N) is 2. The summed E-state index contributed by atoms with van der Waals surface area (Å²) >= 11 is 8.64. The van der Waals surface area contributed by atoms with Crippen LogP contribution in [-0.2, 0) is 0 Å². The van der Waals surface area contributed by atoms with Crippen molar-refractivity contribution in [2.24, 2.45) is 4.99 Å². The van der Waals surface area contributed by atoms with Crippen LogP contribution in [0.2, 0.25) is 0 Å². The molecule has 2 N–H and O–H groups in total. The number of rotatable bonds is 2. The third-order valence-corrected chi connectivity index (χ3v) is 4.82. The fraction of sp³-hybridized carbons (Fsp3) is 0. The van der Waals surface area contributed by atoms with Crippen molar-refractivity contribution in [3.8, 4) is 11.6 Å². The summed E-state index contributed by atoms with van der Waals surface area (Å²) in [7, 11) is 0. The number of H-pyrrole nitrogens is 1. The van der Waals surface area contributed by atoms with Crippen LogP contribution in [0.15, 0.2) is 62.8 Å². The largest absolute Gasteiger partial charge is 0.494 e. The van der Waals surface area contributed by atoms with Crippen molar-refractivity contribution in [1.29, 1.82) is 0 Å². The number of aromatic nitrogens is 2. The van der Waals surface area contributed by atoms with Gasteiger partial charge in [0.1, 0.15) is 5.56 Å². The number of para-hydroxylation sites is 1. The molecule has 1 aliphatic heterocycles. The number of hydrogen-bond donors (Lipinski definition) is 2. The second-order valence-corrected chi connectivity index (χ2v) is 6.99. The summed E-state index contributed by atoms with van der Waals surface area (Å²) in [6.45, 7) is 0. The lowest BCUT2D eigenvalue weighted by Gasteiger charge is -2.12. The van der Waals surface area contributed by atoms with Crippen LogP contribution in [-0.4, -0.2) is 20.9 Å². The molecule has 128 valence electrons. The van der Waals surface area contributed by atoms with Crippen molar-refractivity contribution in [2.45, 2.75) is 0 Å². The first-order valence-electron chi connectivity index (χ1n) is 7.74. The molecule has 0 radical (unpaired) electrons. The van der Waals surface area contributed by atoms with E-state index in [1.54, 1.807) is 24.4 Å².